The highest BCUT2D eigenvalue weighted by Gasteiger charge is 2.21. The SMILES string of the molecule is CCCc1cc(CNc2ncnc(C)c2C(=N)c2cnc3[nH]ccc3c2)ccc1CCCC1CCC[C@H](CCC(CC)OC=O)CC1. The number of carbonyl (C=O) groups is 1. The Labute approximate surface area is 280 Å². The molecule has 0 aliphatic heterocycles. The van der Waals surface area contributed by atoms with E-state index in [9.17, 15) is 4.79 Å². The fourth-order valence-corrected chi connectivity index (χ4v) is 7.33. The van der Waals surface area contributed by atoms with Crippen LogP contribution in [0.4, 0.5) is 5.82 Å². The van der Waals surface area contributed by atoms with Gasteiger partial charge in [-0.1, -0.05) is 77.0 Å². The second kappa shape index (κ2) is 17.2. The summed E-state index contributed by atoms with van der Waals surface area (Å²) >= 11 is 0. The Morgan fingerprint density at radius 3 is 2.66 bits per heavy atom. The van der Waals surface area contributed by atoms with Crippen molar-refractivity contribution in [2.24, 2.45) is 11.8 Å². The van der Waals surface area contributed by atoms with Crippen LogP contribution in [0.15, 0.2) is 49.1 Å². The summed E-state index contributed by atoms with van der Waals surface area (Å²) in [5.41, 5.74) is 7.54. The van der Waals surface area contributed by atoms with Crippen LogP contribution in [0.5, 0.6) is 0 Å². The van der Waals surface area contributed by atoms with E-state index in [0.29, 0.717) is 30.1 Å². The van der Waals surface area contributed by atoms with Gasteiger partial charge in [0.1, 0.15) is 23.9 Å². The monoisotopic (exact) mass is 636 g/mol. The maximum absolute atomic E-state index is 10.8. The predicted octanol–water partition coefficient (Wildman–Crippen LogP) is 8.89. The molecular formula is C39H52N6O2. The zero-order valence-corrected chi connectivity index (χ0v) is 28.5. The molecule has 3 N–H and O–H groups in total. The van der Waals surface area contributed by atoms with E-state index >= 15 is 0 Å². The van der Waals surface area contributed by atoms with E-state index in [1.807, 2.05) is 25.3 Å². The molecule has 3 aromatic heterocycles. The molecule has 1 aliphatic rings. The third-order valence-corrected chi connectivity index (χ3v) is 10.1. The first-order valence-corrected chi connectivity index (χ1v) is 17.8. The molecule has 1 saturated carbocycles. The molecule has 0 bridgehead atoms. The molecule has 1 aromatic carbocycles. The van der Waals surface area contributed by atoms with Crippen molar-refractivity contribution in [1.29, 1.82) is 5.41 Å². The quantitative estimate of drug-likeness (QED) is 0.0605. The van der Waals surface area contributed by atoms with Crippen LogP contribution in [0.25, 0.3) is 11.0 Å². The molecule has 3 atom stereocenters. The van der Waals surface area contributed by atoms with Crippen molar-refractivity contribution >= 4 is 29.0 Å². The minimum atomic E-state index is 0.0867. The van der Waals surface area contributed by atoms with E-state index in [1.165, 1.54) is 68.1 Å². The van der Waals surface area contributed by atoms with Crippen LogP contribution in [0, 0.1) is 24.2 Å². The summed E-state index contributed by atoms with van der Waals surface area (Å²) in [6, 6.07) is 10.9. The molecule has 47 heavy (non-hydrogen) atoms. The topological polar surface area (TPSA) is 117 Å². The molecule has 250 valence electrons. The van der Waals surface area contributed by atoms with E-state index in [1.54, 1.807) is 12.5 Å². The Bertz CT molecular complexity index is 1610. The fraction of sp³-hybridized carbons (Fsp3) is 0.513. The van der Waals surface area contributed by atoms with Crippen LogP contribution in [0.1, 0.15) is 118 Å². The van der Waals surface area contributed by atoms with E-state index in [-0.39, 0.29) is 6.10 Å². The van der Waals surface area contributed by atoms with Crippen molar-refractivity contribution < 1.29 is 9.53 Å². The highest BCUT2D eigenvalue weighted by Crippen LogP contribution is 2.33. The highest BCUT2D eigenvalue weighted by atomic mass is 16.5. The molecule has 0 saturated heterocycles. The van der Waals surface area contributed by atoms with Gasteiger partial charge in [0.2, 0.25) is 0 Å². The van der Waals surface area contributed by atoms with E-state index in [0.717, 1.165) is 66.2 Å². The molecule has 3 heterocycles. The van der Waals surface area contributed by atoms with E-state index in [2.05, 4.69) is 57.3 Å². The summed E-state index contributed by atoms with van der Waals surface area (Å²) < 4.78 is 5.24. The number of H-pyrrole nitrogens is 1. The summed E-state index contributed by atoms with van der Waals surface area (Å²) in [6.07, 6.45) is 20.9. The first-order valence-electron chi connectivity index (χ1n) is 17.8. The Morgan fingerprint density at radius 1 is 1.04 bits per heavy atom. The summed E-state index contributed by atoms with van der Waals surface area (Å²) in [5, 5.41) is 13.5. The Morgan fingerprint density at radius 2 is 1.87 bits per heavy atom. The van der Waals surface area contributed by atoms with Gasteiger partial charge >= 0.3 is 0 Å². The normalized spacial score (nSPS) is 17.3. The lowest BCUT2D eigenvalue weighted by Gasteiger charge is -2.18. The van der Waals surface area contributed by atoms with Crippen molar-refractivity contribution in [3.8, 4) is 0 Å². The number of anilines is 1. The Kier molecular flexibility index (Phi) is 12.5. The summed E-state index contributed by atoms with van der Waals surface area (Å²) in [6.45, 7) is 7.53. The average molecular weight is 637 g/mol. The van der Waals surface area contributed by atoms with Crippen molar-refractivity contribution in [3.63, 3.8) is 0 Å². The number of nitrogens with one attached hydrogen (secondary N) is 3. The molecule has 8 heteroatoms. The number of rotatable bonds is 17. The first kappa shape index (κ1) is 34.3. The molecule has 4 aromatic rings. The number of aryl methyl sites for hydroxylation is 3. The average Bonchev–Trinajstić information content (AvgIpc) is 3.44. The minimum absolute atomic E-state index is 0.0867. The van der Waals surface area contributed by atoms with Crippen LogP contribution in [-0.2, 0) is 28.9 Å². The zero-order valence-electron chi connectivity index (χ0n) is 28.5. The molecule has 5 rings (SSSR count). The number of benzene rings is 1. The van der Waals surface area contributed by atoms with Gasteiger partial charge in [-0.3, -0.25) is 10.2 Å². The number of aromatic amines is 1. The van der Waals surface area contributed by atoms with Gasteiger partial charge in [-0.15, -0.1) is 0 Å². The number of fused-ring (bicyclic) bond motifs is 1. The van der Waals surface area contributed by atoms with Crippen LogP contribution in [0.3, 0.4) is 0 Å². The van der Waals surface area contributed by atoms with Gasteiger partial charge in [0.05, 0.1) is 17.0 Å². The van der Waals surface area contributed by atoms with Crippen LogP contribution >= 0.6 is 0 Å². The second-order valence-corrected chi connectivity index (χ2v) is 13.4. The van der Waals surface area contributed by atoms with Gasteiger partial charge in [-0.2, -0.15) is 0 Å². The first-order chi connectivity index (χ1) is 23.0. The van der Waals surface area contributed by atoms with Gasteiger partial charge in [-0.25, -0.2) is 15.0 Å². The van der Waals surface area contributed by atoms with Crippen LogP contribution in [-0.4, -0.2) is 38.2 Å². The van der Waals surface area contributed by atoms with E-state index < -0.39 is 0 Å². The number of carbonyl (C=O) groups excluding carboxylic acids is 1. The van der Waals surface area contributed by atoms with Gasteiger partial charge < -0.3 is 15.0 Å². The lowest BCUT2D eigenvalue weighted by Crippen LogP contribution is -2.13. The number of hydrogen-bond acceptors (Lipinski definition) is 7. The molecule has 0 amide bonds. The third kappa shape index (κ3) is 9.27. The molecule has 1 aliphatic carbocycles. The molecule has 0 radical (unpaired) electrons. The Hall–Kier alpha value is -4.07. The minimum Gasteiger partial charge on any atom is -0.465 e. The predicted molar refractivity (Wildman–Crippen MR) is 190 cm³/mol. The highest BCUT2D eigenvalue weighted by molar-refractivity contribution is 6.15. The molecule has 8 nitrogen and oxygen atoms in total. The number of pyridine rings is 1. The number of nitrogens with zero attached hydrogens (tertiary/aromatic N) is 3. The molecule has 1 fully saturated rings. The number of ether oxygens (including phenoxy) is 1. The van der Waals surface area contributed by atoms with Gasteiger partial charge in [-0.05, 0) is 86.1 Å². The molecule has 2 unspecified atom stereocenters. The standard InChI is InChI=1S/C39H52N6O2/c1-4-8-32-21-30(15-17-31(32)12-7-11-28-9-6-10-29(14-13-28)16-18-35(5-2)47-26-46)23-42-39-36(27(3)44-25-45-39)37(40)34-22-33-19-20-41-38(33)43-24-34/h15,17,19-22,24-26,28-29,35,40H,4-14,16,18,23H2,1-3H3,(H,41,43)(H,42,44,45)/t28?,29-,35?/m0/s1. The van der Waals surface area contributed by atoms with Crippen LogP contribution in [0.2, 0.25) is 0 Å². The summed E-state index contributed by atoms with van der Waals surface area (Å²) in [5.74, 6) is 2.28. The molecule has 0 spiro atoms. The summed E-state index contributed by atoms with van der Waals surface area (Å²) in [4.78, 5) is 27.3. The number of hydrogen-bond donors (Lipinski definition) is 3. The van der Waals surface area contributed by atoms with Crippen molar-refractivity contribution in [3.05, 3.63) is 82.6 Å². The zero-order chi connectivity index (χ0) is 33.0. The number of aromatic nitrogens is 4. The second-order valence-electron chi connectivity index (χ2n) is 13.4. The van der Waals surface area contributed by atoms with Crippen molar-refractivity contribution in [2.45, 2.75) is 117 Å². The van der Waals surface area contributed by atoms with Gasteiger partial charge in [0.25, 0.3) is 6.47 Å². The largest absolute Gasteiger partial charge is 0.465 e. The lowest BCUT2D eigenvalue weighted by molar-refractivity contribution is -0.134. The Balaban J connectivity index is 1.16. The van der Waals surface area contributed by atoms with Crippen molar-refractivity contribution in [1.82, 2.24) is 19.9 Å². The smallest absolute Gasteiger partial charge is 0.293 e. The third-order valence-electron chi connectivity index (χ3n) is 10.1. The van der Waals surface area contributed by atoms with Crippen LogP contribution < -0.4 is 5.32 Å². The molecular weight excluding hydrogens is 584 g/mol. The summed E-state index contributed by atoms with van der Waals surface area (Å²) in [7, 11) is 0. The maximum atomic E-state index is 10.8. The van der Waals surface area contributed by atoms with Gasteiger partial charge in [0.15, 0.2) is 0 Å². The van der Waals surface area contributed by atoms with E-state index in [4.69, 9.17) is 10.1 Å². The van der Waals surface area contributed by atoms with Crippen molar-refractivity contribution in [2.75, 3.05) is 5.32 Å². The maximum Gasteiger partial charge on any atom is 0.293 e. The lowest BCUT2D eigenvalue weighted by atomic mass is 9.89. The fourth-order valence-electron chi connectivity index (χ4n) is 7.33. The van der Waals surface area contributed by atoms with Gasteiger partial charge in [0, 0.05) is 29.9 Å².